The molecule has 1 aromatic heterocycles. The Morgan fingerprint density at radius 2 is 1.89 bits per heavy atom. The summed E-state index contributed by atoms with van der Waals surface area (Å²) < 4.78 is 5.71. The Kier molecular flexibility index (Phi) is 2.30. The number of rotatable bonds is 1. The summed E-state index contributed by atoms with van der Waals surface area (Å²) in [6.45, 7) is 0.749. The van der Waals surface area contributed by atoms with E-state index >= 15 is 0 Å². The van der Waals surface area contributed by atoms with Gasteiger partial charge in [-0.25, -0.2) is 4.98 Å². The first-order valence-corrected chi connectivity index (χ1v) is 6.58. The van der Waals surface area contributed by atoms with Gasteiger partial charge in [0.05, 0.1) is 17.6 Å². The number of imidazole rings is 1. The van der Waals surface area contributed by atoms with E-state index in [1.807, 2.05) is 30.3 Å². The standard InChI is InChI=1S/C16H14N2O/c1-4-8-15-11(5-1)12(9-10-19-15)16-17-13-6-2-3-7-14(13)18-16/h1-8,12H,9-10H2,(H,17,18). The van der Waals surface area contributed by atoms with Crippen LogP contribution in [0.5, 0.6) is 5.75 Å². The van der Waals surface area contributed by atoms with Crippen LogP contribution in [0.4, 0.5) is 0 Å². The average molecular weight is 250 g/mol. The topological polar surface area (TPSA) is 37.9 Å². The van der Waals surface area contributed by atoms with Gasteiger partial charge in [0.25, 0.3) is 0 Å². The molecule has 0 radical (unpaired) electrons. The molecule has 1 unspecified atom stereocenters. The Balaban J connectivity index is 1.85. The maximum atomic E-state index is 5.71. The second kappa shape index (κ2) is 4.12. The predicted molar refractivity (Wildman–Crippen MR) is 74.5 cm³/mol. The second-order valence-electron chi connectivity index (χ2n) is 4.87. The number of nitrogens with one attached hydrogen (secondary N) is 1. The first kappa shape index (κ1) is 10.6. The smallest absolute Gasteiger partial charge is 0.123 e. The van der Waals surface area contributed by atoms with Gasteiger partial charge >= 0.3 is 0 Å². The van der Waals surface area contributed by atoms with Crippen LogP contribution in [0.1, 0.15) is 23.7 Å². The summed E-state index contributed by atoms with van der Waals surface area (Å²) in [6.07, 6.45) is 0.969. The van der Waals surface area contributed by atoms with Gasteiger partial charge in [0.2, 0.25) is 0 Å². The minimum Gasteiger partial charge on any atom is -0.493 e. The number of aromatic nitrogens is 2. The maximum absolute atomic E-state index is 5.71. The lowest BCUT2D eigenvalue weighted by Gasteiger charge is -2.24. The van der Waals surface area contributed by atoms with Crippen LogP contribution in [0.25, 0.3) is 11.0 Å². The van der Waals surface area contributed by atoms with Crippen molar-refractivity contribution in [3.8, 4) is 5.75 Å². The second-order valence-corrected chi connectivity index (χ2v) is 4.87. The molecule has 1 atom stereocenters. The Morgan fingerprint density at radius 1 is 1.05 bits per heavy atom. The molecule has 0 saturated carbocycles. The zero-order valence-corrected chi connectivity index (χ0v) is 10.5. The lowest BCUT2D eigenvalue weighted by atomic mass is 9.92. The molecule has 2 aromatic carbocycles. The molecular formula is C16H14N2O. The van der Waals surface area contributed by atoms with Crippen molar-refractivity contribution in [2.24, 2.45) is 0 Å². The van der Waals surface area contributed by atoms with Gasteiger partial charge in [-0.05, 0) is 24.6 Å². The number of hydrogen-bond acceptors (Lipinski definition) is 2. The molecule has 0 fully saturated rings. The van der Waals surface area contributed by atoms with Gasteiger partial charge in [-0.2, -0.15) is 0 Å². The van der Waals surface area contributed by atoms with E-state index in [9.17, 15) is 0 Å². The molecule has 1 aliphatic rings. The van der Waals surface area contributed by atoms with Crippen molar-refractivity contribution in [1.29, 1.82) is 0 Å². The number of nitrogens with zero attached hydrogens (tertiary/aromatic N) is 1. The van der Waals surface area contributed by atoms with E-state index in [-0.39, 0.29) is 0 Å². The molecule has 19 heavy (non-hydrogen) atoms. The maximum Gasteiger partial charge on any atom is 0.123 e. The van der Waals surface area contributed by atoms with Gasteiger partial charge < -0.3 is 9.72 Å². The quantitative estimate of drug-likeness (QED) is 0.718. The molecule has 0 aliphatic carbocycles. The summed E-state index contributed by atoms with van der Waals surface area (Å²) in [5.41, 5.74) is 3.36. The van der Waals surface area contributed by atoms with Crippen molar-refractivity contribution in [2.45, 2.75) is 12.3 Å². The molecule has 0 spiro atoms. The molecule has 3 aromatic rings. The van der Waals surface area contributed by atoms with Crippen LogP contribution >= 0.6 is 0 Å². The fraction of sp³-hybridized carbons (Fsp3) is 0.188. The molecular weight excluding hydrogens is 236 g/mol. The van der Waals surface area contributed by atoms with E-state index in [4.69, 9.17) is 9.72 Å². The Labute approximate surface area is 111 Å². The van der Waals surface area contributed by atoms with Gasteiger partial charge in [-0.15, -0.1) is 0 Å². The van der Waals surface area contributed by atoms with Crippen LogP contribution in [-0.4, -0.2) is 16.6 Å². The highest BCUT2D eigenvalue weighted by Crippen LogP contribution is 2.37. The average Bonchev–Trinajstić information content (AvgIpc) is 2.90. The third-order valence-corrected chi connectivity index (χ3v) is 3.70. The first-order chi connectivity index (χ1) is 9.42. The SMILES string of the molecule is c1ccc2c(c1)OCCC2c1nc2ccccc2[nH]1. The molecule has 4 rings (SSSR count). The predicted octanol–water partition coefficient (Wildman–Crippen LogP) is 3.48. The first-order valence-electron chi connectivity index (χ1n) is 6.58. The summed E-state index contributed by atoms with van der Waals surface area (Å²) in [5.74, 6) is 2.33. The van der Waals surface area contributed by atoms with Crippen LogP contribution < -0.4 is 4.74 Å². The van der Waals surface area contributed by atoms with E-state index in [1.165, 1.54) is 5.56 Å². The summed E-state index contributed by atoms with van der Waals surface area (Å²) in [5, 5.41) is 0. The molecule has 2 heterocycles. The summed E-state index contributed by atoms with van der Waals surface area (Å²) in [6, 6.07) is 16.4. The molecule has 0 bridgehead atoms. The number of para-hydroxylation sites is 3. The van der Waals surface area contributed by atoms with Crippen LogP contribution in [0.15, 0.2) is 48.5 Å². The van der Waals surface area contributed by atoms with Crippen molar-refractivity contribution >= 4 is 11.0 Å². The number of fused-ring (bicyclic) bond motifs is 2. The molecule has 3 nitrogen and oxygen atoms in total. The number of H-pyrrole nitrogens is 1. The Bertz CT molecular complexity index is 699. The van der Waals surface area contributed by atoms with Crippen molar-refractivity contribution < 1.29 is 4.74 Å². The molecule has 3 heteroatoms. The molecule has 0 amide bonds. The number of benzene rings is 2. The molecule has 94 valence electrons. The van der Waals surface area contributed by atoms with E-state index < -0.39 is 0 Å². The van der Waals surface area contributed by atoms with E-state index in [0.29, 0.717) is 5.92 Å². The van der Waals surface area contributed by atoms with E-state index in [1.54, 1.807) is 0 Å². The van der Waals surface area contributed by atoms with Gasteiger partial charge in [-0.3, -0.25) is 0 Å². The highest BCUT2D eigenvalue weighted by Gasteiger charge is 2.25. The lowest BCUT2D eigenvalue weighted by molar-refractivity contribution is 0.275. The molecule has 1 aliphatic heterocycles. The van der Waals surface area contributed by atoms with Gasteiger partial charge in [0.1, 0.15) is 11.6 Å². The van der Waals surface area contributed by atoms with Crippen molar-refractivity contribution in [1.82, 2.24) is 9.97 Å². The third kappa shape index (κ3) is 1.70. The van der Waals surface area contributed by atoms with Gasteiger partial charge in [0.15, 0.2) is 0 Å². The third-order valence-electron chi connectivity index (χ3n) is 3.70. The highest BCUT2D eigenvalue weighted by molar-refractivity contribution is 5.75. The van der Waals surface area contributed by atoms with Crippen LogP contribution in [0, 0.1) is 0 Å². The van der Waals surface area contributed by atoms with Crippen LogP contribution in [0.3, 0.4) is 0 Å². The van der Waals surface area contributed by atoms with Crippen molar-refractivity contribution in [2.75, 3.05) is 6.61 Å². The molecule has 0 saturated heterocycles. The number of hydrogen-bond donors (Lipinski definition) is 1. The monoisotopic (exact) mass is 250 g/mol. The normalized spacial score (nSPS) is 18.0. The summed E-state index contributed by atoms with van der Waals surface area (Å²) in [4.78, 5) is 8.16. The minimum atomic E-state index is 0.303. The Morgan fingerprint density at radius 3 is 2.84 bits per heavy atom. The van der Waals surface area contributed by atoms with Gasteiger partial charge in [-0.1, -0.05) is 30.3 Å². The zero-order chi connectivity index (χ0) is 12.7. The highest BCUT2D eigenvalue weighted by atomic mass is 16.5. The van der Waals surface area contributed by atoms with Crippen LogP contribution in [-0.2, 0) is 0 Å². The van der Waals surface area contributed by atoms with Crippen molar-refractivity contribution in [3.05, 3.63) is 59.9 Å². The number of ether oxygens (including phenoxy) is 1. The minimum absolute atomic E-state index is 0.303. The summed E-state index contributed by atoms with van der Waals surface area (Å²) in [7, 11) is 0. The van der Waals surface area contributed by atoms with E-state index in [2.05, 4.69) is 23.2 Å². The largest absolute Gasteiger partial charge is 0.493 e. The summed E-state index contributed by atoms with van der Waals surface area (Å²) >= 11 is 0. The Hall–Kier alpha value is -2.29. The fourth-order valence-electron chi connectivity index (χ4n) is 2.76. The lowest BCUT2D eigenvalue weighted by Crippen LogP contribution is -2.16. The van der Waals surface area contributed by atoms with Crippen molar-refractivity contribution in [3.63, 3.8) is 0 Å². The fourth-order valence-corrected chi connectivity index (χ4v) is 2.76. The van der Waals surface area contributed by atoms with Gasteiger partial charge in [0, 0.05) is 11.5 Å². The zero-order valence-electron chi connectivity index (χ0n) is 10.5. The van der Waals surface area contributed by atoms with E-state index in [0.717, 1.165) is 35.6 Å². The molecule has 1 N–H and O–H groups in total. The number of aromatic amines is 1. The van der Waals surface area contributed by atoms with Crippen LogP contribution in [0.2, 0.25) is 0 Å².